The number of methoxy groups -OCH3 is 1. The molecule has 32 heavy (non-hydrogen) atoms. The van der Waals surface area contributed by atoms with Gasteiger partial charge in [-0.25, -0.2) is 0 Å². The van der Waals surface area contributed by atoms with Gasteiger partial charge in [-0.2, -0.15) is 0 Å². The molecule has 0 amide bonds. The van der Waals surface area contributed by atoms with Crippen LogP contribution in [0.1, 0.15) is 61.8 Å². The van der Waals surface area contributed by atoms with E-state index < -0.39 is 0 Å². The Morgan fingerprint density at radius 1 is 1.28 bits per heavy atom. The molecule has 0 aliphatic heterocycles. The fourth-order valence-electron chi connectivity index (χ4n) is 4.53. The summed E-state index contributed by atoms with van der Waals surface area (Å²) in [6, 6.07) is 2.17. The first-order chi connectivity index (χ1) is 16.5. The van der Waals surface area contributed by atoms with Crippen molar-refractivity contribution in [3.63, 3.8) is 0 Å². The third-order valence-corrected chi connectivity index (χ3v) is 8.29. The highest BCUT2D eigenvalue weighted by Crippen LogP contribution is 2.42. The zero-order valence-electron chi connectivity index (χ0n) is 21.1. The first kappa shape index (κ1) is 25.2. The Bertz CT molecular complexity index is 739. The molecule has 1 heterocycles. The van der Waals surface area contributed by atoms with Crippen molar-refractivity contribution in [2.24, 2.45) is 11.8 Å². The number of ether oxygens (including phenoxy) is 1. The van der Waals surface area contributed by atoms with Crippen LogP contribution in [-0.2, 0) is 29.5 Å². The molecule has 1 saturated carbocycles. The van der Waals surface area contributed by atoms with Gasteiger partial charge in [0.05, 0.1) is 28.0 Å². The van der Waals surface area contributed by atoms with Gasteiger partial charge in [0.25, 0.3) is 0 Å². The number of rotatable bonds is 17. The molecule has 1 aromatic rings. The maximum Gasteiger partial charge on any atom is 0.305 e. The van der Waals surface area contributed by atoms with Crippen LogP contribution in [0.25, 0.3) is 0 Å². The molecule has 182 valence electrons. The van der Waals surface area contributed by atoms with Crippen LogP contribution in [0.3, 0.4) is 0 Å². The molecular formula is C23H39O5P3S. The molecule has 1 aliphatic rings. The lowest BCUT2D eigenvalue weighted by Crippen LogP contribution is -2.21. The SMILES string of the molecule is [3H]PO[C@H](/C=C/[C@@H]1[C@@H](CCCCCCC(=O)OC)[C@@H](OP)C[C@H]1OP[3H])CCc1ccsc1C. The van der Waals surface area contributed by atoms with E-state index in [9.17, 15) is 4.79 Å². The van der Waals surface area contributed by atoms with Crippen LogP contribution < -0.4 is 0 Å². The van der Waals surface area contributed by atoms with Crippen LogP contribution in [0.5, 0.6) is 0 Å². The van der Waals surface area contributed by atoms with Gasteiger partial charge in [0.1, 0.15) is 0 Å². The van der Waals surface area contributed by atoms with Crippen molar-refractivity contribution in [1.82, 2.24) is 0 Å². The second-order valence-electron chi connectivity index (χ2n) is 8.42. The summed E-state index contributed by atoms with van der Waals surface area (Å²) in [4.78, 5) is 12.6. The van der Waals surface area contributed by atoms with E-state index in [2.05, 4.69) is 40.0 Å². The van der Waals surface area contributed by atoms with Gasteiger partial charge in [-0.15, -0.1) is 11.3 Å². The van der Waals surface area contributed by atoms with Gasteiger partial charge in [-0.3, -0.25) is 4.79 Å². The molecular weight excluding hydrogens is 481 g/mol. The standard InChI is InChI=1S/C23H39O5P3S/c1-16-17(13-14-32-16)9-10-18(26-29)11-12-20-19(21(27-30)15-22(20)28-31)7-5-3-4-6-8-23(24)25-2/h11-14,18-22H,3-10,15,29-31H2,1-2H3/b12-11+/t18-,19+,20+,21-,22+/m0/s1/i29T,31T/t18-,19+,20+,21-,22+,29?,31?. The van der Waals surface area contributed by atoms with Gasteiger partial charge >= 0.3 is 5.97 Å². The number of aryl methyl sites for hydroxylation is 2. The van der Waals surface area contributed by atoms with Crippen molar-refractivity contribution in [2.45, 2.75) is 83.0 Å². The third kappa shape index (κ3) is 9.03. The first-order valence-electron chi connectivity index (χ1n) is 12.3. The van der Waals surface area contributed by atoms with E-state index in [0.717, 1.165) is 51.4 Å². The van der Waals surface area contributed by atoms with E-state index in [1.54, 1.807) is 11.3 Å². The zero-order valence-corrected chi connectivity index (χ0v) is 23.1. The van der Waals surface area contributed by atoms with Gasteiger partial charge in [0.15, 0.2) is 0 Å². The van der Waals surface area contributed by atoms with Crippen molar-refractivity contribution < 1.29 is 23.1 Å². The highest BCUT2D eigenvalue weighted by atomic mass is 32.1. The van der Waals surface area contributed by atoms with Crippen LogP contribution >= 0.6 is 39.6 Å². The lowest BCUT2D eigenvalue weighted by molar-refractivity contribution is -0.140. The van der Waals surface area contributed by atoms with Crippen LogP contribution in [0.4, 0.5) is 0 Å². The van der Waals surface area contributed by atoms with Crippen LogP contribution in [0.15, 0.2) is 23.6 Å². The molecule has 2 rings (SSSR count). The second kappa shape index (κ2) is 15.9. The van der Waals surface area contributed by atoms with E-state index in [-0.39, 0.29) is 49.0 Å². The fraction of sp³-hybridized carbons (Fsp3) is 0.696. The summed E-state index contributed by atoms with van der Waals surface area (Å²) in [7, 11) is 3.22. The van der Waals surface area contributed by atoms with Crippen LogP contribution in [0.2, 0.25) is 0 Å². The van der Waals surface area contributed by atoms with Gasteiger partial charge in [-0.05, 0) is 55.5 Å². The predicted molar refractivity (Wildman–Crippen MR) is 142 cm³/mol. The van der Waals surface area contributed by atoms with Gasteiger partial charge in [-0.1, -0.05) is 31.4 Å². The zero-order chi connectivity index (χ0) is 24.8. The van der Waals surface area contributed by atoms with Gasteiger partial charge in [0.2, 0.25) is 0 Å². The number of thiophene rings is 1. The minimum absolute atomic E-state index is 0.0415. The maximum absolute atomic E-state index is 11.3. The Labute approximate surface area is 207 Å². The van der Waals surface area contributed by atoms with Crippen molar-refractivity contribution in [2.75, 3.05) is 7.11 Å². The summed E-state index contributed by atoms with van der Waals surface area (Å²) in [5.41, 5.74) is 1.35. The second-order valence-corrected chi connectivity index (χ2v) is 10.3. The number of hydrogen-bond donors (Lipinski definition) is 0. The molecule has 5 nitrogen and oxygen atoms in total. The Kier molecular flexibility index (Phi) is 12.5. The average molecular weight is 525 g/mol. The summed E-state index contributed by atoms with van der Waals surface area (Å²) >= 11 is 1.76. The van der Waals surface area contributed by atoms with Crippen molar-refractivity contribution in [3.8, 4) is 0 Å². The van der Waals surface area contributed by atoms with E-state index in [1.807, 2.05) is 0 Å². The number of carbonyl (C=O) groups is 1. The average Bonchev–Trinajstić information content (AvgIpc) is 3.40. The highest BCUT2D eigenvalue weighted by molar-refractivity contribution is 7.10. The summed E-state index contributed by atoms with van der Waals surface area (Å²) in [5, 5.41) is 2.12. The molecule has 0 bridgehead atoms. The number of unbranched alkanes of at least 4 members (excludes halogenated alkanes) is 3. The Hall–Kier alpha value is 0.0800. The summed E-state index contributed by atoms with van der Waals surface area (Å²) in [6.07, 6.45) is 12.2. The molecule has 3 unspecified atom stereocenters. The Morgan fingerprint density at radius 3 is 2.81 bits per heavy atom. The number of hydrogen-bond acceptors (Lipinski definition) is 6. The van der Waals surface area contributed by atoms with E-state index in [0.29, 0.717) is 12.3 Å². The predicted octanol–water partition coefficient (Wildman–Crippen LogP) is 6.22. The number of carbonyl (C=O) groups excluding carboxylic acids is 1. The van der Waals surface area contributed by atoms with E-state index in [1.165, 1.54) is 17.6 Å². The molecule has 1 aromatic heterocycles. The van der Waals surface area contributed by atoms with Gasteiger partial charge in [0, 0.05) is 51.9 Å². The Morgan fingerprint density at radius 2 is 2.12 bits per heavy atom. The minimum Gasteiger partial charge on any atom is -0.469 e. The maximum atomic E-state index is 11.3. The quantitative estimate of drug-likeness (QED) is 0.105. The Balaban J connectivity index is 1.97. The summed E-state index contributed by atoms with van der Waals surface area (Å²) in [6.45, 7) is 2.14. The summed E-state index contributed by atoms with van der Waals surface area (Å²) in [5.74, 6) is 0.309. The molecule has 8 atom stereocenters. The van der Waals surface area contributed by atoms with E-state index in [4.69, 9.17) is 20.9 Å². The smallest absolute Gasteiger partial charge is 0.305 e. The molecule has 0 aromatic carbocycles. The molecule has 0 saturated heterocycles. The molecule has 1 aliphatic carbocycles. The molecule has 0 spiro atoms. The molecule has 9 heteroatoms. The van der Waals surface area contributed by atoms with Gasteiger partial charge < -0.3 is 18.3 Å². The molecule has 0 N–H and O–H groups in total. The normalized spacial score (nSPS) is 25.8. The molecule has 0 radical (unpaired) electrons. The summed E-state index contributed by atoms with van der Waals surface area (Å²) < 4.78 is 37.2. The van der Waals surface area contributed by atoms with Crippen LogP contribution in [-0.4, -0.2) is 33.9 Å². The largest absolute Gasteiger partial charge is 0.469 e. The van der Waals surface area contributed by atoms with Crippen molar-refractivity contribution >= 4 is 45.6 Å². The third-order valence-electron chi connectivity index (χ3n) is 6.45. The van der Waals surface area contributed by atoms with Crippen molar-refractivity contribution in [1.29, 1.82) is 2.56 Å². The van der Waals surface area contributed by atoms with E-state index >= 15 is 0 Å². The monoisotopic (exact) mass is 524 g/mol. The molecule has 1 fully saturated rings. The van der Waals surface area contributed by atoms with Crippen LogP contribution in [0, 0.1) is 18.8 Å². The van der Waals surface area contributed by atoms with Crippen molar-refractivity contribution in [3.05, 3.63) is 34.0 Å². The topological polar surface area (TPSA) is 54.0 Å². The fourth-order valence-corrected chi connectivity index (χ4v) is 6.05. The number of esters is 1. The lowest BCUT2D eigenvalue weighted by atomic mass is 9.87. The minimum atomic E-state index is -0.308. The first-order valence-corrected chi connectivity index (χ1v) is 13.5. The lowest BCUT2D eigenvalue weighted by Gasteiger charge is -2.24. The highest BCUT2D eigenvalue weighted by Gasteiger charge is 2.42.